The summed E-state index contributed by atoms with van der Waals surface area (Å²) in [4.78, 5) is -0.357. The molecule has 1 aromatic rings. The van der Waals surface area contributed by atoms with E-state index in [0.29, 0.717) is 0 Å². The van der Waals surface area contributed by atoms with Gasteiger partial charge < -0.3 is 5.73 Å². The summed E-state index contributed by atoms with van der Waals surface area (Å²) in [6.07, 6.45) is 0. The van der Waals surface area contributed by atoms with Crippen molar-refractivity contribution in [3.63, 3.8) is 0 Å². The molecule has 1 rings (SSSR count). The van der Waals surface area contributed by atoms with E-state index in [1.54, 1.807) is 4.72 Å². The average molecular weight is 356 g/mol. The molecule has 3 N–H and O–H groups in total. The molecule has 1 aromatic carbocycles. The first-order chi connectivity index (χ1) is 8.18. The lowest BCUT2D eigenvalue weighted by atomic mass is 10.3. The van der Waals surface area contributed by atoms with Gasteiger partial charge in [-0.15, -0.1) is 12.4 Å². The predicted molar refractivity (Wildman–Crippen MR) is 72.9 cm³/mol. The average Bonchev–Trinajstić information content (AvgIpc) is 2.30. The zero-order valence-corrected chi connectivity index (χ0v) is 12.5. The van der Waals surface area contributed by atoms with Crippen molar-refractivity contribution < 1.29 is 17.2 Å². The minimum Gasteiger partial charge on any atom is -0.325 e. The predicted octanol–water partition coefficient (Wildman–Crippen LogP) is 2.29. The van der Waals surface area contributed by atoms with E-state index >= 15 is 0 Å². The Bertz CT molecular complexity index is 540. The van der Waals surface area contributed by atoms with Crippen molar-refractivity contribution in [3.05, 3.63) is 28.2 Å². The van der Waals surface area contributed by atoms with Crippen LogP contribution in [0.4, 0.5) is 8.78 Å². The van der Waals surface area contributed by atoms with Crippen molar-refractivity contribution >= 4 is 45.6 Å². The summed E-state index contributed by atoms with van der Waals surface area (Å²) in [7, 11) is -4.16. The highest BCUT2D eigenvalue weighted by Gasteiger charge is 2.30. The fourth-order valence-corrected chi connectivity index (χ4v) is 2.86. The monoisotopic (exact) mass is 354 g/mol. The third-order valence-corrected chi connectivity index (χ3v) is 4.12. The van der Waals surface area contributed by atoms with Gasteiger partial charge in [0.1, 0.15) is 4.90 Å². The first-order valence-electron chi connectivity index (χ1n) is 4.70. The van der Waals surface area contributed by atoms with Gasteiger partial charge in [-0.3, -0.25) is 0 Å². The van der Waals surface area contributed by atoms with Gasteiger partial charge in [-0.25, -0.2) is 21.9 Å². The van der Waals surface area contributed by atoms with Crippen molar-refractivity contribution in [1.82, 2.24) is 4.72 Å². The van der Waals surface area contributed by atoms with E-state index < -0.39 is 29.0 Å². The summed E-state index contributed by atoms with van der Waals surface area (Å²) in [6, 6.07) is 3.73. The molecule has 0 fully saturated rings. The Morgan fingerprint density at radius 3 is 2.42 bits per heavy atom. The van der Waals surface area contributed by atoms with Crippen LogP contribution in [0.5, 0.6) is 0 Å². The molecule has 19 heavy (non-hydrogen) atoms. The summed E-state index contributed by atoms with van der Waals surface area (Å²) >= 11 is 11.3. The molecule has 0 heterocycles. The van der Waals surface area contributed by atoms with E-state index in [9.17, 15) is 17.2 Å². The molecule has 0 aliphatic rings. The van der Waals surface area contributed by atoms with Crippen LogP contribution in [0.15, 0.2) is 23.1 Å². The van der Waals surface area contributed by atoms with E-state index in [1.165, 1.54) is 12.1 Å². The van der Waals surface area contributed by atoms with Crippen LogP contribution in [-0.4, -0.2) is 27.4 Å². The molecule has 4 nitrogen and oxygen atoms in total. The number of nitrogens with one attached hydrogen (secondary N) is 1. The molecular weight excluding hydrogens is 345 g/mol. The summed E-state index contributed by atoms with van der Waals surface area (Å²) < 4.78 is 50.9. The zero-order chi connectivity index (χ0) is 14.0. The molecule has 0 atom stereocenters. The number of nitrogens with two attached hydrogens (primary N) is 1. The van der Waals surface area contributed by atoms with Crippen LogP contribution >= 0.6 is 35.6 Å². The SMILES string of the molecule is Cl.NCC(F)(F)CNS(=O)(=O)c1cc(Cl)ccc1Cl. The maximum atomic E-state index is 12.9. The lowest BCUT2D eigenvalue weighted by Crippen LogP contribution is -2.41. The molecule has 0 aliphatic heterocycles. The van der Waals surface area contributed by atoms with Crippen molar-refractivity contribution in [3.8, 4) is 0 Å². The number of alkyl halides is 2. The molecule has 0 aromatic heterocycles. The molecule has 0 spiro atoms. The number of benzene rings is 1. The zero-order valence-electron chi connectivity index (χ0n) is 9.37. The molecule has 0 amide bonds. The van der Waals surface area contributed by atoms with Crippen LogP contribution in [0.1, 0.15) is 0 Å². The Morgan fingerprint density at radius 2 is 1.89 bits per heavy atom. The van der Waals surface area contributed by atoms with Crippen molar-refractivity contribution in [2.75, 3.05) is 13.1 Å². The second-order valence-corrected chi connectivity index (χ2v) is 6.04. The molecule has 0 radical (unpaired) electrons. The van der Waals surface area contributed by atoms with Crippen LogP contribution < -0.4 is 10.5 Å². The van der Waals surface area contributed by atoms with Crippen LogP contribution in [0.2, 0.25) is 10.0 Å². The highest BCUT2D eigenvalue weighted by atomic mass is 35.5. The Balaban J connectivity index is 0.00000324. The first kappa shape index (κ1) is 18.8. The molecule has 0 aliphatic carbocycles. The standard InChI is InChI=1S/C9H10Cl2F2N2O2S.ClH/c10-6-1-2-7(11)8(3-6)18(16,17)15-5-9(12,13)4-14;/h1-3,15H,4-5,14H2;1H. The highest BCUT2D eigenvalue weighted by Crippen LogP contribution is 2.25. The Hall–Kier alpha value is -0.180. The van der Waals surface area contributed by atoms with Gasteiger partial charge in [0.2, 0.25) is 10.0 Å². The Kier molecular flexibility index (Phi) is 6.94. The third kappa shape index (κ3) is 5.37. The highest BCUT2D eigenvalue weighted by molar-refractivity contribution is 7.89. The quantitative estimate of drug-likeness (QED) is 0.851. The molecule has 10 heteroatoms. The number of hydrogen-bond donors (Lipinski definition) is 2. The van der Waals surface area contributed by atoms with Crippen LogP contribution in [0, 0.1) is 0 Å². The topological polar surface area (TPSA) is 72.2 Å². The van der Waals surface area contributed by atoms with Crippen molar-refractivity contribution in [2.24, 2.45) is 5.73 Å². The number of sulfonamides is 1. The van der Waals surface area contributed by atoms with E-state index in [2.05, 4.69) is 0 Å². The maximum absolute atomic E-state index is 12.9. The Morgan fingerprint density at radius 1 is 1.32 bits per heavy atom. The van der Waals surface area contributed by atoms with E-state index in [1.807, 2.05) is 0 Å². The van der Waals surface area contributed by atoms with Crippen LogP contribution in [-0.2, 0) is 10.0 Å². The van der Waals surface area contributed by atoms with Crippen molar-refractivity contribution in [1.29, 1.82) is 0 Å². The molecule has 0 unspecified atom stereocenters. The van der Waals surface area contributed by atoms with Crippen molar-refractivity contribution in [2.45, 2.75) is 10.8 Å². The minimum atomic E-state index is -4.16. The van der Waals surface area contributed by atoms with Gasteiger partial charge in [-0.05, 0) is 18.2 Å². The summed E-state index contributed by atoms with van der Waals surface area (Å²) in [5.74, 6) is -3.32. The third-order valence-electron chi connectivity index (χ3n) is 2.00. The van der Waals surface area contributed by atoms with Gasteiger partial charge in [0.15, 0.2) is 0 Å². The largest absolute Gasteiger partial charge is 0.325 e. The normalized spacial score (nSPS) is 12.1. The number of hydrogen-bond acceptors (Lipinski definition) is 3. The Labute approximate surface area is 125 Å². The summed E-state index contributed by atoms with van der Waals surface area (Å²) in [5, 5.41) is 0.0216. The van der Waals surface area contributed by atoms with E-state index in [0.717, 1.165) is 6.07 Å². The van der Waals surface area contributed by atoms with Gasteiger partial charge in [-0.1, -0.05) is 23.2 Å². The molecule has 110 valence electrons. The lowest BCUT2D eigenvalue weighted by Gasteiger charge is -2.15. The fourth-order valence-electron chi connectivity index (χ4n) is 1.03. The first-order valence-corrected chi connectivity index (χ1v) is 6.94. The second kappa shape index (κ2) is 7.01. The fraction of sp³-hybridized carbons (Fsp3) is 0.333. The molecular formula is C9H11Cl3F2N2O2S. The van der Waals surface area contributed by atoms with Gasteiger partial charge in [0.05, 0.1) is 18.1 Å². The van der Waals surface area contributed by atoms with Gasteiger partial charge in [-0.2, -0.15) is 0 Å². The maximum Gasteiger partial charge on any atom is 0.273 e. The van der Waals surface area contributed by atoms with Crippen LogP contribution in [0.3, 0.4) is 0 Å². The number of rotatable bonds is 5. The van der Waals surface area contributed by atoms with Crippen LogP contribution in [0.25, 0.3) is 0 Å². The van der Waals surface area contributed by atoms with E-state index in [-0.39, 0.29) is 27.3 Å². The van der Waals surface area contributed by atoms with Gasteiger partial charge >= 0.3 is 0 Å². The lowest BCUT2D eigenvalue weighted by molar-refractivity contribution is 0.0170. The molecule has 0 saturated carbocycles. The number of halogens is 5. The minimum absolute atomic E-state index is 0. The molecule has 0 saturated heterocycles. The second-order valence-electron chi connectivity index (χ2n) is 3.46. The van der Waals surface area contributed by atoms with E-state index in [4.69, 9.17) is 28.9 Å². The van der Waals surface area contributed by atoms with Gasteiger partial charge in [0, 0.05) is 5.02 Å². The van der Waals surface area contributed by atoms with Gasteiger partial charge in [0.25, 0.3) is 5.92 Å². The summed E-state index contributed by atoms with van der Waals surface area (Å²) in [5.41, 5.74) is 4.80. The summed E-state index contributed by atoms with van der Waals surface area (Å²) in [6.45, 7) is -2.06. The smallest absolute Gasteiger partial charge is 0.273 e. The molecule has 0 bridgehead atoms.